The van der Waals surface area contributed by atoms with Crippen molar-refractivity contribution in [1.82, 2.24) is 0 Å². The van der Waals surface area contributed by atoms with Gasteiger partial charge in [-0.3, -0.25) is 9.59 Å². The SMILES string of the molecule is CC(C)C(=O)O[Si](C)(C)OC(=O)C(C)C. The lowest BCUT2D eigenvalue weighted by atomic mass is 10.2. The molecule has 0 bridgehead atoms. The van der Waals surface area contributed by atoms with Crippen LogP contribution < -0.4 is 0 Å². The third-order valence-electron chi connectivity index (χ3n) is 1.64. The van der Waals surface area contributed by atoms with E-state index in [0.29, 0.717) is 0 Å². The quantitative estimate of drug-likeness (QED) is 0.696. The molecule has 0 atom stereocenters. The Balaban J connectivity index is 4.31. The Bertz CT molecular complexity index is 222. The van der Waals surface area contributed by atoms with Crippen molar-refractivity contribution < 1.29 is 18.4 Å². The highest BCUT2D eigenvalue weighted by Gasteiger charge is 2.34. The second kappa shape index (κ2) is 5.30. The molecule has 0 spiro atoms. The lowest BCUT2D eigenvalue weighted by molar-refractivity contribution is -0.145. The first-order valence-corrected chi connectivity index (χ1v) is 7.93. The van der Waals surface area contributed by atoms with Crippen molar-refractivity contribution in [2.24, 2.45) is 11.8 Å². The van der Waals surface area contributed by atoms with Gasteiger partial charge in [-0.05, 0) is 0 Å². The molecule has 0 aromatic rings. The maximum atomic E-state index is 11.3. The van der Waals surface area contributed by atoms with Crippen LogP contribution in [0, 0.1) is 11.8 Å². The van der Waals surface area contributed by atoms with Gasteiger partial charge < -0.3 is 8.85 Å². The molecule has 0 aliphatic rings. The first-order valence-electron chi connectivity index (χ1n) is 5.11. The van der Waals surface area contributed by atoms with E-state index in [1.165, 1.54) is 0 Å². The van der Waals surface area contributed by atoms with E-state index in [9.17, 15) is 9.59 Å². The van der Waals surface area contributed by atoms with Crippen molar-refractivity contribution in [2.75, 3.05) is 0 Å². The number of rotatable bonds is 4. The van der Waals surface area contributed by atoms with Crippen LogP contribution in [0.4, 0.5) is 0 Å². The number of hydrogen-bond acceptors (Lipinski definition) is 4. The van der Waals surface area contributed by atoms with Crippen LogP contribution in [0.25, 0.3) is 0 Å². The minimum Gasteiger partial charge on any atom is -0.485 e. The van der Waals surface area contributed by atoms with E-state index in [1.54, 1.807) is 40.8 Å². The van der Waals surface area contributed by atoms with Crippen LogP contribution in [0.2, 0.25) is 13.1 Å². The van der Waals surface area contributed by atoms with E-state index in [2.05, 4.69) is 0 Å². The van der Waals surface area contributed by atoms with Gasteiger partial charge in [0.15, 0.2) is 0 Å². The summed E-state index contributed by atoms with van der Waals surface area (Å²) in [6, 6.07) is 0. The molecule has 5 heteroatoms. The van der Waals surface area contributed by atoms with E-state index in [0.717, 1.165) is 0 Å². The molecule has 0 aliphatic heterocycles. The fourth-order valence-corrected chi connectivity index (χ4v) is 2.22. The summed E-state index contributed by atoms with van der Waals surface area (Å²) in [5.74, 6) is -1.03. The fraction of sp³-hybridized carbons (Fsp3) is 0.800. The first-order chi connectivity index (χ1) is 6.65. The Labute approximate surface area is 92.2 Å². The zero-order valence-electron chi connectivity index (χ0n) is 10.3. The van der Waals surface area contributed by atoms with Gasteiger partial charge in [0.2, 0.25) is 0 Å². The second-order valence-electron chi connectivity index (χ2n) is 4.55. The molecule has 0 rings (SSSR count). The van der Waals surface area contributed by atoms with Crippen molar-refractivity contribution in [1.29, 1.82) is 0 Å². The molecule has 4 nitrogen and oxygen atoms in total. The highest BCUT2D eigenvalue weighted by Crippen LogP contribution is 2.12. The third kappa shape index (κ3) is 5.56. The summed E-state index contributed by atoms with van der Waals surface area (Å²) in [5.41, 5.74) is 0. The second-order valence-corrected chi connectivity index (χ2v) is 7.76. The van der Waals surface area contributed by atoms with Gasteiger partial charge >= 0.3 is 8.56 Å². The molecule has 0 fully saturated rings. The Hall–Kier alpha value is -0.843. The molecule has 0 saturated heterocycles. The van der Waals surface area contributed by atoms with Crippen LogP contribution in [0.15, 0.2) is 0 Å². The fourth-order valence-electron chi connectivity index (χ4n) is 0.741. The molecule has 0 N–H and O–H groups in total. The summed E-state index contributed by atoms with van der Waals surface area (Å²) < 4.78 is 10.4. The maximum absolute atomic E-state index is 11.3. The van der Waals surface area contributed by atoms with Gasteiger partial charge in [-0.1, -0.05) is 27.7 Å². The standard InChI is InChI=1S/C10H20O4Si/c1-7(2)9(11)13-15(5,6)14-10(12)8(3)4/h7-8H,1-6H3. The van der Waals surface area contributed by atoms with Crippen molar-refractivity contribution in [3.05, 3.63) is 0 Å². The molecule has 88 valence electrons. The van der Waals surface area contributed by atoms with Crippen LogP contribution in [0.3, 0.4) is 0 Å². The molecule has 0 aromatic heterocycles. The summed E-state index contributed by atoms with van der Waals surface area (Å²) in [5, 5.41) is 0. The molecule has 15 heavy (non-hydrogen) atoms. The molecule has 0 aliphatic carbocycles. The Kier molecular flexibility index (Phi) is 5.00. The van der Waals surface area contributed by atoms with Gasteiger partial charge in [-0.2, -0.15) is 0 Å². The average molecular weight is 232 g/mol. The highest BCUT2D eigenvalue weighted by atomic mass is 28.4. The first kappa shape index (κ1) is 14.2. The van der Waals surface area contributed by atoms with Crippen molar-refractivity contribution in [3.63, 3.8) is 0 Å². The Morgan fingerprint density at radius 1 is 0.867 bits per heavy atom. The summed E-state index contributed by atoms with van der Waals surface area (Å²) in [6.45, 7) is 10.4. The van der Waals surface area contributed by atoms with E-state index in [-0.39, 0.29) is 23.8 Å². The molecule has 0 radical (unpaired) electrons. The topological polar surface area (TPSA) is 52.6 Å². The predicted octanol–water partition coefficient (Wildman–Crippen LogP) is 2.09. The Morgan fingerprint density at radius 3 is 1.33 bits per heavy atom. The van der Waals surface area contributed by atoms with Crippen molar-refractivity contribution >= 4 is 20.5 Å². The van der Waals surface area contributed by atoms with Gasteiger partial charge in [-0.15, -0.1) is 0 Å². The minimum absolute atomic E-state index is 0.200. The predicted molar refractivity (Wildman–Crippen MR) is 59.3 cm³/mol. The van der Waals surface area contributed by atoms with Gasteiger partial charge in [0, 0.05) is 24.9 Å². The van der Waals surface area contributed by atoms with Crippen LogP contribution in [0.1, 0.15) is 27.7 Å². The summed E-state index contributed by atoms with van der Waals surface area (Å²) in [6.07, 6.45) is 0. The third-order valence-corrected chi connectivity index (χ3v) is 3.02. The molecule has 0 heterocycles. The van der Waals surface area contributed by atoms with E-state index in [4.69, 9.17) is 8.85 Å². The molecular formula is C10H20O4Si. The summed E-state index contributed by atoms with van der Waals surface area (Å²) in [7, 11) is -2.65. The van der Waals surface area contributed by atoms with Gasteiger partial charge in [0.25, 0.3) is 11.9 Å². The summed E-state index contributed by atoms with van der Waals surface area (Å²) in [4.78, 5) is 22.7. The van der Waals surface area contributed by atoms with Crippen LogP contribution in [-0.2, 0) is 18.4 Å². The highest BCUT2D eigenvalue weighted by molar-refractivity contribution is 6.67. The Morgan fingerprint density at radius 2 is 1.13 bits per heavy atom. The van der Waals surface area contributed by atoms with Crippen molar-refractivity contribution in [2.45, 2.75) is 40.8 Å². The number of hydrogen-bond donors (Lipinski definition) is 0. The molecular weight excluding hydrogens is 212 g/mol. The van der Waals surface area contributed by atoms with Crippen molar-refractivity contribution in [3.8, 4) is 0 Å². The largest absolute Gasteiger partial charge is 0.485 e. The van der Waals surface area contributed by atoms with Crippen LogP contribution in [0.5, 0.6) is 0 Å². The number of carbonyl (C=O) groups excluding carboxylic acids is 2. The average Bonchev–Trinajstić information content (AvgIpc) is 2.01. The van der Waals surface area contributed by atoms with E-state index in [1.807, 2.05) is 0 Å². The lowest BCUT2D eigenvalue weighted by Crippen LogP contribution is -2.41. The number of carbonyl (C=O) groups is 2. The van der Waals surface area contributed by atoms with E-state index < -0.39 is 8.56 Å². The van der Waals surface area contributed by atoms with Gasteiger partial charge in [0.1, 0.15) is 0 Å². The summed E-state index contributed by atoms with van der Waals surface area (Å²) >= 11 is 0. The van der Waals surface area contributed by atoms with Crippen LogP contribution in [-0.4, -0.2) is 20.5 Å². The van der Waals surface area contributed by atoms with Gasteiger partial charge in [-0.25, -0.2) is 0 Å². The molecule has 0 aromatic carbocycles. The normalized spacial score (nSPS) is 11.7. The smallest absolute Gasteiger partial charge is 0.457 e. The monoisotopic (exact) mass is 232 g/mol. The van der Waals surface area contributed by atoms with E-state index >= 15 is 0 Å². The lowest BCUT2D eigenvalue weighted by Gasteiger charge is -2.24. The molecule has 0 unspecified atom stereocenters. The minimum atomic E-state index is -2.65. The zero-order chi connectivity index (χ0) is 12.2. The zero-order valence-corrected chi connectivity index (χ0v) is 11.3. The molecule has 0 amide bonds. The van der Waals surface area contributed by atoms with Crippen LogP contribution >= 0.6 is 0 Å². The van der Waals surface area contributed by atoms with Gasteiger partial charge in [0.05, 0.1) is 0 Å². The molecule has 0 saturated carbocycles. The maximum Gasteiger partial charge on any atom is 0.457 e.